The molecule has 0 aliphatic carbocycles. The molecule has 3 nitrogen and oxygen atoms in total. The Bertz CT molecular complexity index is 271. The van der Waals surface area contributed by atoms with E-state index in [1.54, 1.807) is 7.11 Å². The first kappa shape index (κ1) is 12.1. The smallest absolute Gasteiger partial charge is 0.0476 e. The van der Waals surface area contributed by atoms with Crippen LogP contribution in [0.2, 0.25) is 0 Å². The molecule has 0 amide bonds. The van der Waals surface area contributed by atoms with Gasteiger partial charge in [0.2, 0.25) is 0 Å². The van der Waals surface area contributed by atoms with Crippen molar-refractivity contribution in [2.24, 2.45) is 0 Å². The van der Waals surface area contributed by atoms with Gasteiger partial charge in [-0.25, -0.2) is 0 Å². The van der Waals surface area contributed by atoms with Gasteiger partial charge in [-0.15, -0.1) is 0 Å². The SMILES string of the molecule is COCCC(C)NCc1ccc(C)nc1. The van der Waals surface area contributed by atoms with Gasteiger partial charge in [-0.3, -0.25) is 4.98 Å². The monoisotopic (exact) mass is 208 g/mol. The lowest BCUT2D eigenvalue weighted by atomic mass is 10.2. The highest BCUT2D eigenvalue weighted by atomic mass is 16.5. The van der Waals surface area contributed by atoms with Gasteiger partial charge >= 0.3 is 0 Å². The predicted octanol–water partition coefficient (Wildman–Crippen LogP) is 1.90. The average Bonchev–Trinajstić information content (AvgIpc) is 2.25. The standard InChI is InChI=1S/C12H20N2O/c1-10-4-5-12(8-13-10)9-14-11(2)6-7-15-3/h4-5,8,11,14H,6-7,9H2,1-3H3. The summed E-state index contributed by atoms with van der Waals surface area (Å²) in [4.78, 5) is 4.25. The lowest BCUT2D eigenvalue weighted by Gasteiger charge is -2.12. The topological polar surface area (TPSA) is 34.1 Å². The van der Waals surface area contributed by atoms with Gasteiger partial charge in [0.15, 0.2) is 0 Å². The summed E-state index contributed by atoms with van der Waals surface area (Å²) in [6.07, 6.45) is 2.96. The van der Waals surface area contributed by atoms with E-state index in [1.807, 2.05) is 19.2 Å². The highest BCUT2D eigenvalue weighted by Crippen LogP contribution is 2.00. The Balaban J connectivity index is 2.27. The van der Waals surface area contributed by atoms with Crippen LogP contribution < -0.4 is 5.32 Å². The van der Waals surface area contributed by atoms with E-state index >= 15 is 0 Å². The summed E-state index contributed by atoms with van der Waals surface area (Å²) >= 11 is 0. The molecule has 15 heavy (non-hydrogen) atoms. The zero-order chi connectivity index (χ0) is 11.1. The molecule has 0 aliphatic heterocycles. The van der Waals surface area contributed by atoms with Gasteiger partial charge < -0.3 is 10.1 Å². The number of methoxy groups -OCH3 is 1. The molecule has 0 bridgehead atoms. The van der Waals surface area contributed by atoms with Crippen molar-refractivity contribution in [3.05, 3.63) is 29.6 Å². The van der Waals surface area contributed by atoms with Crippen molar-refractivity contribution >= 4 is 0 Å². The predicted molar refractivity (Wildman–Crippen MR) is 61.8 cm³/mol. The molecule has 1 unspecified atom stereocenters. The largest absolute Gasteiger partial charge is 0.385 e. The molecule has 84 valence electrons. The summed E-state index contributed by atoms with van der Waals surface area (Å²) < 4.78 is 5.03. The molecule has 1 atom stereocenters. The second-order valence-corrected chi connectivity index (χ2v) is 3.87. The van der Waals surface area contributed by atoms with Gasteiger partial charge in [0.1, 0.15) is 0 Å². The van der Waals surface area contributed by atoms with Crippen LogP contribution in [0, 0.1) is 6.92 Å². The number of rotatable bonds is 6. The van der Waals surface area contributed by atoms with Crippen molar-refractivity contribution in [1.82, 2.24) is 10.3 Å². The highest BCUT2D eigenvalue weighted by Gasteiger charge is 2.00. The molecule has 1 aromatic rings. The molecule has 0 radical (unpaired) electrons. The third-order valence-electron chi connectivity index (χ3n) is 2.38. The molecule has 0 saturated carbocycles. The van der Waals surface area contributed by atoms with Crippen LogP contribution in [-0.2, 0) is 11.3 Å². The summed E-state index contributed by atoms with van der Waals surface area (Å²) in [6.45, 7) is 5.84. The number of pyridine rings is 1. The van der Waals surface area contributed by atoms with Crippen LogP contribution in [0.25, 0.3) is 0 Å². The Kier molecular flexibility index (Phi) is 5.29. The highest BCUT2D eigenvalue weighted by molar-refractivity contribution is 5.12. The van der Waals surface area contributed by atoms with E-state index in [1.165, 1.54) is 5.56 Å². The van der Waals surface area contributed by atoms with E-state index in [0.29, 0.717) is 6.04 Å². The zero-order valence-corrected chi connectivity index (χ0v) is 9.79. The van der Waals surface area contributed by atoms with E-state index < -0.39 is 0 Å². The molecule has 1 N–H and O–H groups in total. The Morgan fingerprint density at radius 2 is 2.27 bits per heavy atom. The molecule has 0 aliphatic rings. The molecule has 1 aromatic heterocycles. The van der Waals surface area contributed by atoms with Gasteiger partial charge in [0, 0.05) is 38.2 Å². The van der Waals surface area contributed by atoms with Crippen molar-refractivity contribution < 1.29 is 4.74 Å². The van der Waals surface area contributed by atoms with Gasteiger partial charge in [-0.2, -0.15) is 0 Å². The Morgan fingerprint density at radius 1 is 1.47 bits per heavy atom. The maximum atomic E-state index is 5.03. The van der Waals surface area contributed by atoms with Gasteiger partial charge in [0.05, 0.1) is 0 Å². The van der Waals surface area contributed by atoms with Gasteiger partial charge in [-0.1, -0.05) is 6.07 Å². The second kappa shape index (κ2) is 6.53. The van der Waals surface area contributed by atoms with Crippen LogP contribution in [-0.4, -0.2) is 24.7 Å². The maximum absolute atomic E-state index is 5.03. The van der Waals surface area contributed by atoms with Crippen molar-refractivity contribution in [1.29, 1.82) is 0 Å². The van der Waals surface area contributed by atoms with E-state index in [2.05, 4.69) is 23.3 Å². The summed E-state index contributed by atoms with van der Waals surface area (Å²) in [6, 6.07) is 4.63. The molecule has 3 heteroatoms. The van der Waals surface area contributed by atoms with Gasteiger partial charge in [-0.05, 0) is 31.9 Å². The number of hydrogen-bond donors (Lipinski definition) is 1. The average molecular weight is 208 g/mol. The molecular formula is C12H20N2O. The van der Waals surface area contributed by atoms with Crippen molar-refractivity contribution in [2.75, 3.05) is 13.7 Å². The number of aromatic nitrogens is 1. The van der Waals surface area contributed by atoms with E-state index in [4.69, 9.17) is 4.74 Å². The van der Waals surface area contributed by atoms with Gasteiger partial charge in [0.25, 0.3) is 0 Å². The Labute approximate surface area is 91.9 Å². The molecule has 0 fully saturated rings. The van der Waals surface area contributed by atoms with Crippen molar-refractivity contribution in [3.63, 3.8) is 0 Å². The number of ether oxygens (including phenoxy) is 1. The van der Waals surface area contributed by atoms with Crippen molar-refractivity contribution in [3.8, 4) is 0 Å². The number of hydrogen-bond acceptors (Lipinski definition) is 3. The lowest BCUT2D eigenvalue weighted by molar-refractivity contribution is 0.184. The van der Waals surface area contributed by atoms with E-state index in [9.17, 15) is 0 Å². The minimum atomic E-state index is 0.478. The summed E-state index contributed by atoms with van der Waals surface area (Å²) in [5.74, 6) is 0. The summed E-state index contributed by atoms with van der Waals surface area (Å²) in [5, 5.41) is 3.43. The van der Waals surface area contributed by atoms with E-state index in [0.717, 1.165) is 25.3 Å². The first-order valence-electron chi connectivity index (χ1n) is 5.36. The molecular weight excluding hydrogens is 188 g/mol. The third-order valence-corrected chi connectivity index (χ3v) is 2.38. The zero-order valence-electron chi connectivity index (χ0n) is 9.79. The number of aryl methyl sites for hydroxylation is 1. The first-order chi connectivity index (χ1) is 7.22. The fourth-order valence-corrected chi connectivity index (χ4v) is 1.29. The van der Waals surface area contributed by atoms with Crippen LogP contribution in [0.1, 0.15) is 24.6 Å². The molecule has 1 rings (SSSR count). The van der Waals surface area contributed by atoms with Crippen LogP contribution >= 0.6 is 0 Å². The third kappa shape index (κ3) is 4.91. The lowest BCUT2D eigenvalue weighted by Crippen LogP contribution is -2.26. The molecule has 1 heterocycles. The fraction of sp³-hybridized carbons (Fsp3) is 0.583. The maximum Gasteiger partial charge on any atom is 0.0476 e. The minimum absolute atomic E-state index is 0.478. The van der Waals surface area contributed by atoms with Crippen molar-refractivity contribution in [2.45, 2.75) is 32.9 Å². The Morgan fingerprint density at radius 3 is 2.87 bits per heavy atom. The number of nitrogens with zero attached hydrogens (tertiary/aromatic N) is 1. The summed E-state index contributed by atoms with van der Waals surface area (Å²) in [5.41, 5.74) is 2.29. The fourth-order valence-electron chi connectivity index (χ4n) is 1.29. The quantitative estimate of drug-likeness (QED) is 0.775. The van der Waals surface area contributed by atoms with Crippen LogP contribution in [0.3, 0.4) is 0 Å². The van der Waals surface area contributed by atoms with E-state index in [-0.39, 0.29) is 0 Å². The van der Waals surface area contributed by atoms with Crippen LogP contribution in [0.5, 0.6) is 0 Å². The molecule has 0 spiro atoms. The van der Waals surface area contributed by atoms with Crippen LogP contribution in [0.4, 0.5) is 0 Å². The first-order valence-corrected chi connectivity index (χ1v) is 5.36. The number of nitrogens with one attached hydrogen (secondary N) is 1. The van der Waals surface area contributed by atoms with Crippen LogP contribution in [0.15, 0.2) is 18.3 Å². The Hall–Kier alpha value is -0.930. The normalized spacial score (nSPS) is 12.7. The summed E-state index contributed by atoms with van der Waals surface area (Å²) in [7, 11) is 1.73. The minimum Gasteiger partial charge on any atom is -0.385 e. The molecule has 0 aromatic carbocycles. The second-order valence-electron chi connectivity index (χ2n) is 3.87. The molecule has 0 saturated heterocycles.